The Morgan fingerprint density at radius 2 is 1.74 bits per heavy atom. The van der Waals surface area contributed by atoms with Crippen LogP contribution in [-0.4, -0.2) is 12.4 Å². The van der Waals surface area contributed by atoms with Crippen molar-refractivity contribution in [1.29, 1.82) is 0 Å². The number of amides is 2. The fraction of sp³-hybridized carbons (Fsp3) is 0.133. The Labute approximate surface area is 135 Å². The fourth-order valence-corrected chi connectivity index (χ4v) is 2.02. The Bertz CT molecular complexity index is 703. The summed E-state index contributed by atoms with van der Waals surface area (Å²) < 4.78 is 39.9. The number of carbonyl (C=O) groups excluding carboxylic acids is 1. The molecule has 0 aromatic heterocycles. The number of nitrogens with one attached hydrogen (secondary N) is 2. The predicted molar refractivity (Wildman–Crippen MR) is 82.0 cm³/mol. The van der Waals surface area contributed by atoms with E-state index in [4.69, 9.17) is 11.6 Å². The van der Waals surface area contributed by atoms with E-state index in [0.717, 1.165) is 17.7 Å². The van der Waals surface area contributed by atoms with Gasteiger partial charge >= 0.3 is 12.4 Å². The van der Waals surface area contributed by atoms with E-state index < -0.39 is 12.4 Å². The standard InChI is InChI=1S/C15H12ClF3N2O2/c1-9-8-10(16)2-7-13(9)21-14(22)20-11-3-5-12(6-4-11)23-15(17,18)19/h2-8H,1H3,(H2,20,21,22). The number of hydrogen-bond acceptors (Lipinski definition) is 2. The molecular formula is C15H12ClF3N2O2. The van der Waals surface area contributed by atoms with Crippen molar-refractivity contribution in [3.8, 4) is 5.75 Å². The van der Waals surface area contributed by atoms with Crippen molar-refractivity contribution in [2.75, 3.05) is 10.6 Å². The Kier molecular flexibility index (Phi) is 5.00. The average molecular weight is 345 g/mol. The highest BCUT2D eigenvalue weighted by Gasteiger charge is 2.30. The van der Waals surface area contributed by atoms with E-state index in [-0.39, 0.29) is 5.75 Å². The molecule has 2 aromatic carbocycles. The summed E-state index contributed by atoms with van der Waals surface area (Å²) in [4.78, 5) is 11.9. The first-order chi connectivity index (χ1) is 10.7. The minimum atomic E-state index is -4.75. The Morgan fingerprint density at radius 3 is 2.30 bits per heavy atom. The van der Waals surface area contributed by atoms with E-state index in [1.807, 2.05) is 0 Å². The van der Waals surface area contributed by atoms with Gasteiger partial charge in [-0.1, -0.05) is 11.6 Å². The van der Waals surface area contributed by atoms with E-state index >= 15 is 0 Å². The van der Waals surface area contributed by atoms with Gasteiger partial charge in [0.2, 0.25) is 0 Å². The summed E-state index contributed by atoms with van der Waals surface area (Å²) in [5.74, 6) is -0.364. The van der Waals surface area contributed by atoms with Crippen LogP contribution in [0.25, 0.3) is 0 Å². The van der Waals surface area contributed by atoms with Gasteiger partial charge in [-0.05, 0) is 55.0 Å². The predicted octanol–water partition coefficient (Wildman–Crippen LogP) is 5.19. The Hall–Kier alpha value is -2.41. The quantitative estimate of drug-likeness (QED) is 0.805. The van der Waals surface area contributed by atoms with Gasteiger partial charge in [0.1, 0.15) is 5.75 Å². The van der Waals surface area contributed by atoms with Crippen molar-refractivity contribution in [1.82, 2.24) is 0 Å². The second-order valence-corrected chi connectivity index (χ2v) is 5.05. The second-order valence-electron chi connectivity index (χ2n) is 4.61. The lowest BCUT2D eigenvalue weighted by atomic mass is 10.2. The second kappa shape index (κ2) is 6.78. The zero-order valence-corrected chi connectivity index (χ0v) is 12.6. The molecule has 0 aliphatic rings. The summed E-state index contributed by atoms with van der Waals surface area (Å²) in [7, 11) is 0. The number of halogens is 4. The third-order valence-corrected chi connectivity index (χ3v) is 3.02. The van der Waals surface area contributed by atoms with Crippen molar-refractivity contribution in [3.05, 3.63) is 53.1 Å². The average Bonchev–Trinajstić information content (AvgIpc) is 2.42. The van der Waals surface area contributed by atoms with Crippen LogP contribution < -0.4 is 15.4 Å². The zero-order valence-electron chi connectivity index (χ0n) is 11.9. The van der Waals surface area contributed by atoms with Gasteiger partial charge in [-0.15, -0.1) is 13.2 Å². The van der Waals surface area contributed by atoms with Crippen molar-refractivity contribution in [2.24, 2.45) is 0 Å². The highest BCUT2D eigenvalue weighted by atomic mass is 35.5. The van der Waals surface area contributed by atoms with Crippen molar-refractivity contribution in [3.63, 3.8) is 0 Å². The van der Waals surface area contributed by atoms with Crippen LogP contribution in [0.15, 0.2) is 42.5 Å². The first-order valence-corrected chi connectivity index (χ1v) is 6.81. The molecule has 2 aromatic rings. The van der Waals surface area contributed by atoms with Gasteiger partial charge in [0, 0.05) is 16.4 Å². The Morgan fingerprint density at radius 1 is 1.09 bits per heavy atom. The summed E-state index contributed by atoms with van der Waals surface area (Å²) >= 11 is 5.82. The van der Waals surface area contributed by atoms with Gasteiger partial charge in [-0.25, -0.2) is 4.79 Å². The van der Waals surface area contributed by atoms with Crippen molar-refractivity contribution < 1.29 is 22.7 Å². The molecule has 0 bridgehead atoms. The van der Waals surface area contributed by atoms with Crippen LogP contribution >= 0.6 is 11.6 Å². The molecule has 8 heteroatoms. The maximum atomic E-state index is 12.0. The number of carbonyl (C=O) groups is 1. The summed E-state index contributed by atoms with van der Waals surface area (Å²) in [6, 6.07) is 9.27. The summed E-state index contributed by atoms with van der Waals surface area (Å²) in [5, 5.41) is 5.67. The molecular weight excluding hydrogens is 333 g/mol. The lowest BCUT2D eigenvalue weighted by Gasteiger charge is -2.11. The van der Waals surface area contributed by atoms with Gasteiger partial charge in [0.25, 0.3) is 0 Å². The van der Waals surface area contributed by atoms with Crippen molar-refractivity contribution >= 4 is 29.0 Å². The lowest BCUT2D eigenvalue weighted by molar-refractivity contribution is -0.274. The van der Waals surface area contributed by atoms with Gasteiger partial charge in [0.05, 0.1) is 0 Å². The molecule has 0 fully saturated rings. The molecule has 0 atom stereocenters. The molecule has 0 aliphatic carbocycles. The van der Waals surface area contributed by atoms with E-state index in [9.17, 15) is 18.0 Å². The fourth-order valence-electron chi connectivity index (χ4n) is 1.79. The number of aryl methyl sites for hydroxylation is 1. The molecule has 4 nitrogen and oxygen atoms in total. The monoisotopic (exact) mass is 344 g/mol. The molecule has 0 aliphatic heterocycles. The van der Waals surface area contributed by atoms with Crippen LogP contribution in [0.2, 0.25) is 5.02 Å². The Balaban J connectivity index is 1.97. The van der Waals surface area contributed by atoms with Gasteiger partial charge in [-0.2, -0.15) is 0 Å². The van der Waals surface area contributed by atoms with Gasteiger partial charge in [0.15, 0.2) is 0 Å². The van der Waals surface area contributed by atoms with Crippen LogP contribution in [0.3, 0.4) is 0 Å². The minimum Gasteiger partial charge on any atom is -0.406 e. The van der Waals surface area contributed by atoms with Crippen LogP contribution in [-0.2, 0) is 0 Å². The van der Waals surface area contributed by atoms with Crippen LogP contribution in [0.5, 0.6) is 5.75 Å². The highest BCUT2D eigenvalue weighted by molar-refractivity contribution is 6.30. The zero-order chi connectivity index (χ0) is 17.0. The lowest BCUT2D eigenvalue weighted by Crippen LogP contribution is -2.20. The van der Waals surface area contributed by atoms with E-state index in [1.54, 1.807) is 25.1 Å². The maximum absolute atomic E-state index is 12.0. The topological polar surface area (TPSA) is 50.4 Å². The number of rotatable bonds is 3. The largest absolute Gasteiger partial charge is 0.573 e. The highest BCUT2D eigenvalue weighted by Crippen LogP contribution is 2.24. The summed E-state index contributed by atoms with van der Waals surface area (Å²) in [6.45, 7) is 1.78. The molecule has 0 saturated heterocycles. The number of benzene rings is 2. The molecule has 0 unspecified atom stereocenters. The van der Waals surface area contributed by atoms with Gasteiger partial charge < -0.3 is 15.4 Å². The van der Waals surface area contributed by atoms with Crippen LogP contribution in [0.4, 0.5) is 29.3 Å². The first-order valence-electron chi connectivity index (χ1n) is 6.43. The number of anilines is 2. The van der Waals surface area contributed by atoms with Crippen molar-refractivity contribution in [2.45, 2.75) is 13.3 Å². The van der Waals surface area contributed by atoms with E-state index in [0.29, 0.717) is 16.4 Å². The van der Waals surface area contributed by atoms with E-state index in [2.05, 4.69) is 15.4 Å². The summed E-state index contributed by atoms with van der Waals surface area (Å²) in [6.07, 6.45) is -4.75. The number of urea groups is 1. The molecule has 0 heterocycles. The molecule has 0 saturated carbocycles. The van der Waals surface area contributed by atoms with Gasteiger partial charge in [-0.3, -0.25) is 0 Å². The molecule has 2 N–H and O–H groups in total. The summed E-state index contributed by atoms with van der Waals surface area (Å²) in [5.41, 5.74) is 1.68. The number of hydrogen-bond donors (Lipinski definition) is 2. The van der Waals surface area contributed by atoms with Crippen LogP contribution in [0.1, 0.15) is 5.56 Å². The SMILES string of the molecule is Cc1cc(Cl)ccc1NC(=O)Nc1ccc(OC(F)(F)F)cc1. The molecule has 2 amide bonds. The first kappa shape index (κ1) is 17.0. The number of alkyl halides is 3. The number of ether oxygens (including phenoxy) is 1. The molecule has 122 valence electrons. The molecule has 23 heavy (non-hydrogen) atoms. The normalized spacial score (nSPS) is 11.0. The van der Waals surface area contributed by atoms with Crippen LogP contribution in [0, 0.1) is 6.92 Å². The molecule has 0 radical (unpaired) electrons. The van der Waals surface area contributed by atoms with E-state index in [1.165, 1.54) is 12.1 Å². The minimum absolute atomic E-state index is 0.323. The maximum Gasteiger partial charge on any atom is 0.573 e. The third-order valence-electron chi connectivity index (χ3n) is 2.78. The molecule has 0 spiro atoms. The third kappa shape index (κ3) is 5.37. The molecule has 2 rings (SSSR count). The smallest absolute Gasteiger partial charge is 0.406 e.